The number of ether oxygens (including phenoxy) is 1. The molecule has 3 rings (SSSR count). The van der Waals surface area contributed by atoms with Gasteiger partial charge < -0.3 is 15.4 Å². The van der Waals surface area contributed by atoms with Crippen LogP contribution in [0.2, 0.25) is 0 Å². The second-order valence-electron chi connectivity index (χ2n) is 8.18. The summed E-state index contributed by atoms with van der Waals surface area (Å²) in [6, 6.07) is 4.00. The highest BCUT2D eigenvalue weighted by molar-refractivity contribution is 7.99. The van der Waals surface area contributed by atoms with Crippen molar-refractivity contribution < 1.29 is 22.7 Å². The van der Waals surface area contributed by atoms with Crippen LogP contribution in [-0.2, 0) is 12.7 Å². The van der Waals surface area contributed by atoms with Gasteiger partial charge >= 0.3 is 6.18 Å². The van der Waals surface area contributed by atoms with Crippen LogP contribution in [-0.4, -0.2) is 51.4 Å². The van der Waals surface area contributed by atoms with Gasteiger partial charge in [-0.3, -0.25) is 9.48 Å². The number of carbonyl (C=O) groups excluding carboxylic acids is 1. The number of pyridine rings is 1. The van der Waals surface area contributed by atoms with Gasteiger partial charge in [-0.25, -0.2) is 4.98 Å². The zero-order valence-corrected chi connectivity index (χ0v) is 22.2. The molecule has 1 amide bonds. The molecule has 0 atom stereocenters. The smallest absolute Gasteiger partial charge is 0.435 e. The summed E-state index contributed by atoms with van der Waals surface area (Å²) in [7, 11) is 0. The lowest BCUT2D eigenvalue weighted by molar-refractivity contribution is -0.141. The Bertz CT molecular complexity index is 1080. The summed E-state index contributed by atoms with van der Waals surface area (Å²) in [5.74, 6) is 2.38. The van der Waals surface area contributed by atoms with Crippen molar-refractivity contribution in [3.05, 3.63) is 91.1 Å². The minimum Gasteiger partial charge on any atom is -0.474 e. The number of allylic oxidation sites excluding steroid dienone is 5. The molecule has 11 heteroatoms. The zero-order valence-electron chi connectivity index (χ0n) is 21.4. The van der Waals surface area contributed by atoms with E-state index in [2.05, 4.69) is 33.9 Å². The number of halogens is 3. The van der Waals surface area contributed by atoms with Gasteiger partial charge in [-0.05, 0) is 43.0 Å². The highest BCUT2D eigenvalue weighted by Crippen LogP contribution is 2.30. The van der Waals surface area contributed by atoms with E-state index in [4.69, 9.17) is 4.74 Å². The van der Waals surface area contributed by atoms with Crippen LogP contribution < -0.4 is 15.4 Å². The van der Waals surface area contributed by atoms with E-state index in [1.54, 1.807) is 30.4 Å². The SMILES string of the molecule is C=C/C=C\C=C/Cn1cc(C(=O)NCCNC=C)c(C(F)(F)F)n1.Cc1ccc(OC2CCSCC2)nc1. The number of aromatic nitrogens is 3. The first kappa shape index (κ1) is 30.8. The first-order valence-corrected chi connectivity index (χ1v) is 13.3. The lowest BCUT2D eigenvalue weighted by Crippen LogP contribution is -2.31. The predicted octanol–water partition coefficient (Wildman–Crippen LogP) is 5.33. The average molecular weight is 550 g/mol. The molecular weight excluding hydrogens is 515 g/mol. The summed E-state index contributed by atoms with van der Waals surface area (Å²) >= 11 is 2.01. The molecule has 0 bridgehead atoms. The van der Waals surface area contributed by atoms with Crippen LogP contribution in [0.3, 0.4) is 0 Å². The van der Waals surface area contributed by atoms with E-state index in [9.17, 15) is 18.0 Å². The van der Waals surface area contributed by atoms with Gasteiger partial charge in [0.2, 0.25) is 5.88 Å². The van der Waals surface area contributed by atoms with Crippen LogP contribution in [0.25, 0.3) is 0 Å². The molecule has 1 saturated heterocycles. The number of amides is 1. The van der Waals surface area contributed by atoms with Gasteiger partial charge in [0.1, 0.15) is 6.10 Å². The normalized spacial score (nSPS) is 14.1. The Kier molecular flexibility index (Phi) is 13.3. The topological polar surface area (TPSA) is 81.1 Å². The second kappa shape index (κ2) is 16.4. The van der Waals surface area contributed by atoms with Gasteiger partial charge in [-0.1, -0.05) is 49.6 Å². The van der Waals surface area contributed by atoms with Crippen molar-refractivity contribution >= 4 is 17.7 Å². The number of carbonyl (C=O) groups is 1. The van der Waals surface area contributed by atoms with Crippen molar-refractivity contribution in [1.82, 2.24) is 25.4 Å². The summed E-state index contributed by atoms with van der Waals surface area (Å²) in [6.07, 6.45) is 10.5. The Morgan fingerprint density at radius 3 is 2.61 bits per heavy atom. The largest absolute Gasteiger partial charge is 0.474 e. The molecule has 0 spiro atoms. The molecule has 2 aromatic heterocycles. The lowest BCUT2D eigenvalue weighted by atomic mass is 10.2. The van der Waals surface area contributed by atoms with Crippen molar-refractivity contribution in [2.75, 3.05) is 24.6 Å². The first-order valence-electron chi connectivity index (χ1n) is 12.1. The fourth-order valence-electron chi connectivity index (χ4n) is 3.21. The predicted molar refractivity (Wildman–Crippen MR) is 146 cm³/mol. The number of alkyl halides is 3. The molecule has 1 fully saturated rings. The van der Waals surface area contributed by atoms with Crippen molar-refractivity contribution in [1.29, 1.82) is 0 Å². The van der Waals surface area contributed by atoms with Crippen molar-refractivity contribution in [3.63, 3.8) is 0 Å². The maximum absolute atomic E-state index is 13.0. The number of rotatable bonds is 11. The Morgan fingerprint density at radius 2 is 1.97 bits per heavy atom. The maximum atomic E-state index is 13.0. The molecule has 2 aromatic rings. The number of hydrogen-bond donors (Lipinski definition) is 2. The van der Waals surface area contributed by atoms with Gasteiger partial charge in [-0.15, -0.1) is 0 Å². The third-order valence-electron chi connectivity index (χ3n) is 5.10. The summed E-state index contributed by atoms with van der Waals surface area (Å²) < 4.78 is 45.9. The lowest BCUT2D eigenvalue weighted by Gasteiger charge is -2.21. The molecule has 0 radical (unpaired) electrons. The maximum Gasteiger partial charge on any atom is 0.435 e. The monoisotopic (exact) mass is 549 g/mol. The molecule has 0 aromatic carbocycles. The minimum atomic E-state index is -4.70. The zero-order chi connectivity index (χ0) is 27.8. The Morgan fingerprint density at radius 1 is 1.21 bits per heavy atom. The molecule has 0 aliphatic carbocycles. The number of aryl methyl sites for hydroxylation is 1. The van der Waals surface area contributed by atoms with Gasteiger partial charge in [0.15, 0.2) is 5.69 Å². The summed E-state index contributed by atoms with van der Waals surface area (Å²) in [4.78, 5) is 16.2. The highest BCUT2D eigenvalue weighted by atomic mass is 32.2. The van der Waals surface area contributed by atoms with E-state index in [-0.39, 0.29) is 13.1 Å². The summed E-state index contributed by atoms with van der Waals surface area (Å²) in [6.45, 7) is 9.60. The Balaban J connectivity index is 0.000000304. The molecule has 0 unspecified atom stereocenters. The van der Waals surface area contributed by atoms with Crippen LogP contribution in [0.1, 0.15) is 34.5 Å². The van der Waals surface area contributed by atoms with Gasteiger partial charge in [0.25, 0.3) is 5.91 Å². The van der Waals surface area contributed by atoms with E-state index >= 15 is 0 Å². The fraction of sp³-hybridized carbons (Fsp3) is 0.370. The molecule has 0 saturated carbocycles. The third-order valence-corrected chi connectivity index (χ3v) is 6.15. The number of hydrogen-bond acceptors (Lipinski definition) is 6. The van der Waals surface area contributed by atoms with E-state index in [1.165, 1.54) is 23.3 Å². The number of thioether (sulfide) groups is 1. The second-order valence-corrected chi connectivity index (χ2v) is 9.40. The fourth-order valence-corrected chi connectivity index (χ4v) is 4.28. The van der Waals surface area contributed by atoms with Gasteiger partial charge in [0.05, 0.1) is 12.1 Å². The minimum absolute atomic E-state index is 0.107. The molecule has 1 aliphatic rings. The first-order chi connectivity index (χ1) is 18.2. The standard InChI is InChI=1S/C16H19F3N4O.C11H15NOS/c1-3-5-6-7-8-11-23-12-13(14(22-23)16(17,18)19)15(24)21-10-9-20-4-2;1-9-2-3-11(12-8-9)13-10-4-6-14-7-5-10/h3-8,12,20H,1-2,9-11H2,(H,21,24);2-3,8,10H,4-7H2,1H3/b6-5-,8-7-;. The molecule has 3 heterocycles. The van der Waals surface area contributed by atoms with Crippen LogP contribution in [0, 0.1) is 6.92 Å². The summed E-state index contributed by atoms with van der Waals surface area (Å²) in [5.41, 5.74) is -0.528. The third kappa shape index (κ3) is 11.3. The highest BCUT2D eigenvalue weighted by Gasteiger charge is 2.39. The molecule has 1 aliphatic heterocycles. The quantitative estimate of drug-likeness (QED) is 0.292. The van der Waals surface area contributed by atoms with Crippen molar-refractivity contribution in [2.45, 2.75) is 38.6 Å². The summed E-state index contributed by atoms with van der Waals surface area (Å²) in [5, 5.41) is 8.60. The molecule has 7 nitrogen and oxygen atoms in total. The Hall–Kier alpha value is -3.47. The van der Waals surface area contributed by atoms with Crippen LogP contribution in [0.4, 0.5) is 13.2 Å². The van der Waals surface area contributed by atoms with E-state index < -0.39 is 23.3 Å². The van der Waals surface area contributed by atoms with Crippen molar-refractivity contribution in [3.8, 4) is 5.88 Å². The van der Waals surface area contributed by atoms with E-state index in [0.29, 0.717) is 12.6 Å². The number of nitrogens with one attached hydrogen (secondary N) is 2. The van der Waals surface area contributed by atoms with Gasteiger partial charge in [-0.2, -0.15) is 30.0 Å². The van der Waals surface area contributed by atoms with E-state index in [0.717, 1.165) is 29.6 Å². The Labute approximate surface area is 225 Å². The van der Waals surface area contributed by atoms with Gasteiger partial charge in [0, 0.05) is 31.5 Å². The molecule has 206 valence electrons. The number of nitrogens with zero attached hydrogens (tertiary/aromatic N) is 3. The van der Waals surface area contributed by atoms with Crippen LogP contribution >= 0.6 is 11.8 Å². The van der Waals surface area contributed by atoms with Crippen LogP contribution in [0.15, 0.2) is 74.3 Å². The van der Waals surface area contributed by atoms with E-state index in [1.807, 2.05) is 37.0 Å². The molecule has 2 N–H and O–H groups in total. The molecule has 38 heavy (non-hydrogen) atoms. The van der Waals surface area contributed by atoms with Crippen LogP contribution in [0.5, 0.6) is 5.88 Å². The average Bonchev–Trinajstić information content (AvgIpc) is 3.34. The molecular formula is C27H34F3N5O2S. The van der Waals surface area contributed by atoms with Crippen molar-refractivity contribution in [2.24, 2.45) is 0 Å².